The number of nitrogens with zero attached hydrogens (tertiary/aromatic N) is 1. The predicted molar refractivity (Wildman–Crippen MR) is 155 cm³/mol. The van der Waals surface area contributed by atoms with Gasteiger partial charge in [-0.25, -0.2) is 0 Å². The fourth-order valence-corrected chi connectivity index (χ4v) is 4.97. The van der Waals surface area contributed by atoms with E-state index in [4.69, 9.17) is 5.11 Å². The van der Waals surface area contributed by atoms with Crippen LogP contribution in [0.15, 0.2) is 12.2 Å². The molecule has 0 aliphatic rings. The third-order valence-electron chi connectivity index (χ3n) is 7.36. The van der Waals surface area contributed by atoms with E-state index in [1.165, 1.54) is 141 Å². The van der Waals surface area contributed by atoms with Gasteiger partial charge in [-0.3, -0.25) is 4.79 Å². The van der Waals surface area contributed by atoms with E-state index in [1.807, 2.05) is 0 Å². The van der Waals surface area contributed by atoms with Gasteiger partial charge in [-0.15, -0.1) is 0 Å². The average Bonchev–Trinajstić information content (AvgIpc) is 2.82. The zero-order valence-electron chi connectivity index (χ0n) is 24.2. The topological polar surface area (TPSA) is 40.5 Å². The summed E-state index contributed by atoms with van der Waals surface area (Å²) in [4.78, 5) is 12.8. The zero-order valence-corrected chi connectivity index (χ0v) is 24.2. The molecule has 0 aromatic heterocycles. The second-order valence-electron chi connectivity index (χ2n) is 11.2. The molecule has 0 aliphatic carbocycles. The van der Waals surface area contributed by atoms with Gasteiger partial charge in [-0.2, -0.15) is 0 Å². The van der Waals surface area contributed by atoms with Gasteiger partial charge >= 0.3 is 5.97 Å². The quantitative estimate of drug-likeness (QED) is 0.0870. The molecule has 0 saturated heterocycles. The van der Waals surface area contributed by atoms with E-state index in [9.17, 15) is 4.79 Å². The van der Waals surface area contributed by atoms with Crippen LogP contribution in [-0.4, -0.2) is 36.6 Å². The van der Waals surface area contributed by atoms with Crippen molar-refractivity contribution in [1.82, 2.24) is 4.90 Å². The van der Waals surface area contributed by atoms with Gasteiger partial charge in [0.2, 0.25) is 0 Å². The van der Waals surface area contributed by atoms with Crippen molar-refractivity contribution in [1.29, 1.82) is 0 Å². The van der Waals surface area contributed by atoms with Gasteiger partial charge in [0.15, 0.2) is 0 Å². The van der Waals surface area contributed by atoms with Crippen molar-refractivity contribution < 1.29 is 9.90 Å². The van der Waals surface area contributed by atoms with E-state index in [0.717, 1.165) is 18.8 Å². The Kier molecular flexibility index (Phi) is 27.1. The molecule has 0 aliphatic heterocycles. The first kappa shape index (κ1) is 34.2. The second kappa shape index (κ2) is 27.8. The Balaban J connectivity index is 3.58. The van der Waals surface area contributed by atoms with Crippen LogP contribution < -0.4 is 0 Å². The van der Waals surface area contributed by atoms with Crippen LogP contribution >= 0.6 is 0 Å². The first-order valence-corrected chi connectivity index (χ1v) is 15.6. The third kappa shape index (κ3) is 29.3. The summed E-state index contributed by atoms with van der Waals surface area (Å²) in [5, 5.41) is 8.63. The molecular weight excluding hydrogens is 430 g/mol. The van der Waals surface area contributed by atoms with Gasteiger partial charge in [0.25, 0.3) is 0 Å². The number of hydrogen-bond acceptors (Lipinski definition) is 2. The van der Waals surface area contributed by atoms with Crippen molar-refractivity contribution in [3.05, 3.63) is 12.2 Å². The molecule has 0 aromatic rings. The Bertz CT molecular complexity index is 460. The van der Waals surface area contributed by atoms with Crippen LogP contribution in [-0.2, 0) is 4.79 Å². The van der Waals surface area contributed by atoms with Crippen molar-refractivity contribution in [3.63, 3.8) is 0 Å². The number of carboxylic acids is 1. The van der Waals surface area contributed by atoms with Crippen LogP contribution in [0.2, 0.25) is 0 Å². The lowest BCUT2D eigenvalue weighted by Crippen LogP contribution is -2.17. The van der Waals surface area contributed by atoms with Gasteiger partial charge in [-0.05, 0) is 65.1 Å². The second-order valence-corrected chi connectivity index (χ2v) is 11.2. The minimum absolute atomic E-state index is 0.335. The molecule has 0 amide bonds. The molecule has 1 atom stereocenters. The number of carbonyl (C=O) groups is 1. The van der Waals surface area contributed by atoms with Crippen molar-refractivity contribution in [2.75, 3.05) is 20.6 Å². The highest BCUT2D eigenvalue weighted by Crippen LogP contribution is 2.22. The van der Waals surface area contributed by atoms with Crippen molar-refractivity contribution in [2.24, 2.45) is 5.92 Å². The maximum absolute atomic E-state index is 10.5. The normalized spacial score (nSPS) is 12.7. The fraction of sp³-hybridized carbons (Fsp3) is 0.906. The molecule has 208 valence electrons. The largest absolute Gasteiger partial charge is 0.481 e. The lowest BCUT2D eigenvalue weighted by atomic mass is 9.91. The molecule has 3 nitrogen and oxygen atoms in total. The summed E-state index contributed by atoms with van der Waals surface area (Å²) >= 11 is 0. The van der Waals surface area contributed by atoms with E-state index in [2.05, 4.69) is 38.1 Å². The van der Waals surface area contributed by atoms with E-state index in [0.29, 0.717) is 6.42 Å². The Labute approximate surface area is 220 Å². The monoisotopic (exact) mass is 493 g/mol. The van der Waals surface area contributed by atoms with E-state index in [1.54, 1.807) is 0 Å². The molecule has 1 N–H and O–H groups in total. The minimum Gasteiger partial charge on any atom is -0.481 e. The number of allylic oxidation sites excluding steroid dienone is 2. The highest BCUT2D eigenvalue weighted by Gasteiger charge is 2.09. The number of hydrogen-bond donors (Lipinski definition) is 1. The summed E-state index contributed by atoms with van der Waals surface area (Å²) in [5.41, 5.74) is 0. The van der Waals surface area contributed by atoms with Crippen LogP contribution in [0.5, 0.6) is 0 Å². The number of unbranched alkanes of at least 4 members (excludes halogenated alkanes) is 17. The van der Waals surface area contributed by atoms with Crippen LogP contribution in [0.1, 0.15) is 161 Å². The first-order chi connectivity index (χ1) is 17.1. The Morgan fingerprint density at radius 2 is 1.06 bits per heavy atom. The Morgan fingerprint density at radius 3 is 1.51 bits per heavy atom. The molecule has 3 heteroatoms. The Hall–Kier alpha value is -0.830. The van der Waals surface area contributed by atoms with Crippen LogP contribution in [0, 0.1) is 5.92 Å². The van der Waals surface area contributed by atoms with Gasteiger partial charge < -0.3 is 10.0 Å². The summed E-state index contributed by atoms with van der Waals surface area (Å²) < 4.78 is 0. The molecule has 0 rings (SSSR count). The van der Waals surface area contributed by atoms with Crippen LogP contribution in [0.4, 0.5) is 0 Å². The number of aliphatic carboxylic acids is 1. The van der Waals surface area contributed by atoms with Gasteiger partial charge in [0, 0.05) is 6.42 Å². The van der Waals surface area contributed by atoms with E-state index >= 15 is 0 Å². The van der Waals surface area contributed by atoms with Gasteiger partial charge in [-0.1, -0.05) is 128 Å². The molecule has 0 fully saturated rings. The smallest absolute Gasteiger partial charge is 0.303 e. The zero-order chi connectivity index (χ0) is 25.8. The lowest BCUT2D eigenvalue weighted by molar-refractivity contribution is -0.137. The summed E-state index contributed by atoms with van der Waals surface area (Å²) in [5.74, 6) is 0.285. The Morgan fingerprint density at radius 1 is 0.629 bits per heavy atom. The van der Waals surface area contributed by atoms with E-state index in [-0.39, 0.29) is 0 Å². The molecule has 0 saturated carbocycles. The first-order valence-electron chi connectivity index (χ1n) is 15.6. The summed E-state index contributed by atoms with van der Waals surface area (Å²) in [6.07, 6.45) is 35.8. The fourth-order valence-electron chi connectivity index (χ4n) is 4.97. The maximum atomic E-state index is 10.5. The molecule has 0 spiro atoms. The number of rotatable bonds is 28. The van der Waals surface area contributed by atoms with Crippen molar-refractivity contribution in [2.45, 2.75) is 161 Å². The highest BCUT2D eigenvalue weighted by molar-refractivity contribution is 5.66. The van der Waals surface area contributed by atoms with Crippen molar-refractivity contribution in [3.8, 4) is 0 Å². The summed E-state index contributed by atoms with van der Waals surface area (Å²) in [6.45, 7) is 3.55. The highest BCUT2D eigenvalue weighted by atomic mass is 16.4. The lowest BCUT2D eigenvalue weighted by Gasteiger charge is -2.19. The average molecular weight is 494 g/mol. The van der Waals surface area contributed by atoms with Gasteiger partial charge in [0.1, 0.15) is 0 Å². The third-order valence-corrected chi connectivity index (χ3v) is 7.36. The van der Waals surface area contributed by atoms with Crippen molar-refractivity contribution >= 4 is 5.97 Å². The molecular formula is C32H63NO2. The predicted octanol–water partition coefficient (Wildman–Crippen LogP) is 10.2. The SMILES string of the molecule is CCCCCCCCCC(CCCCCC/C=C\CCCCCCCCCC(=O)O)CCN(C)C. The number of carboxylic acid groups (broad SMARTS) is 1. The standard InChI is InChI=1S/C32H63NO2/c1-4-5-6-7-17-20-23-26-31(29-30-33(2)3)27-24-21-18-15-13-11-9-8-10-12-14-16-19-22-25-28-32(34)35/h9,11,31H,4-8,10,12-30H2,1-3H3,(H,34,35)/b11-9-. The molecule has 0 bridgehead atoms. The molecule has 0 heterocycles. The van der Waals surface area contributed by atoms with E-state index < -0.39 is 5.97 Å². The minimum atomic E-state index is -0.657. The molecule has 0 aromatic carbocycles. The summed E-state index contributed by atoms with van der Waals surface area (Å²) in [7, 11) is 4.43. The summed E-state index contributed by atoms with van der Waals surface area (Å²) in [6, 6.07) is 0. The maximum Gasteiger partial charge on any atom is 0.303 e. The molecule has 1 unspecified atom stereocenters. The van der Waals surface area contributed by atoms with Crippen LogP contribution in [0.25, 0.3) is 0 Å². The molecule has 35 heavy (non-hydrogen) atoms. The van der Waals surface area contributed by atoms with Crippen LogP contribution in [0.3, 0.4) is 0 Å². The molecule has 0 radical (unpaired) electrons. The van der Waals surface area contributed by atoms with Gasteiger partial charge in [0.05, 0.1) is 0 Å².